The van der Waals surface area contributed by atoms with E-state index >= 15 is 0 Å². The molecule has 0 aliphatic heterocycles. The Morgan fingerprint density at radius 2 is 1.74 bits per heavy atom. The van der Waals surface area contributed by atoms with E-state index in [1.807, 2.05) is 0 Å². The van der Waals surface area contributed by atoms with E-state index in [0.29, 0.717) is 10.7 Å². The van der Waals surface area contributed by atoms with Crippen LogP contribution in [-0.2, 0) is 9.53 Å². The van der Waals surface area contributed by atoms with Crippen molar-refractivity contribution in [3.05, 3.63) is 53.1 Å². The van der Waals surface area contributed by atoms with E-state index < -0.39 is 24.6 Å². The average Bonchev–Trinajstić information content (AvgIpc) is 2.63. The largest absolute Gasteiger partial charge is 0.493 e. The second-order valence-electron chi connectivity index (χ2n) is 5.29. The summed E-state index contributed by atoms with van der Waals surface area (Å²) < 4.78 is 39.0. The van der Waals surface area contributed by atoms with Crippen LogP contribution in [0.3, 0.4) is 0 Å². The van der Waals surface area contributed by atoms with Gasteiger partial charge >= 0.3 is 12.6 Å². The lowest BCUT2D eigenvalue weighted by molar-refractivity contribution is -0.123. The molecular weight excluding hydrogens is 384 g/mol. The highest BCUT2D eigenvalue weighted by Crippen LogP contribution is 2.29. The van der Waals surface area contributed by atoms with Gasteiger partial charge in [0.2, 0.25) is 0 Å². The first kappa shape index (κ1) is 20.4. The van der Waals surface area contributed by atoms with Crippen LogP contribution in [0.15, 0.2) is 42.5 Å². The molecule has 1 amide bonds. The highest BCUT2D eigenvalue weighted by atomic mass is 35.5. The molecule has 0 bridgehead atoms. The van der Waals surface area contributed by atoms with Gasteiger partial charge in [0.15, 0.2) is 17.6 Å². The third-order valence-corrected chi connectivity index (χ3v) is 3.63. The number of esters is 1. The van der Waals surface area contributed by atoms with Gasteiger partial charge in [-0.15, -0.1) is 0 Å². The second-order valence-corrected chi connectivity index (χ2v) is 5.72. The minimum atomic E-state index is -3.03. The van der Waals surface area contributed by atoms with Crippen molar-refractivity contribution in [1.29, 1.82) is 0 Å². The Kier molecular flexibility index (Phi) is 6.95. The molecule has 0 spiro atoms. The van der Waals surface area contributed by atoms with Crippen molar-refractivity contribution >= 4 is 29.2 Å². The van der Waals surface area contributed by atoms with Crippen LogP contribution in [0.4, 0.5) is 14.5 Å². The predicted molar refractivity (Wildman–Crippen MR) is 94.6 cm³/mol. The predicted octanol–water partition coefficient (Wildman–Crippen LogP) is 4.13. The van der Waals surface area contributed by atoms with Crippen LogP contribution in [0.2, 0.25) is 5.02 Å². The molecule has 9 heteroatoms. The molecule has 0 heterocycles. The minimum Gasteiger partial charge on any atom is -0.493 e. The van der Waals surface area contributed by atoms with E-state index in [9.17, 15) is 18.4 Å². The van der Waals surface area contributed by atoms with Crippen molar-refractivity contribution in [3.8, 4) is 11.5 Å². The summed E-state index contributed by atoms with van der Waals surface area (Å²) in [4.78, 5) is 24.3. The third-order valence-electron chi connectivity index (χ3n) is 3.38. The first-order valence-electron chi connectivity index (χ1n) is 7.70. The van der Waals surface area contributed by atoms with Gasteiger partial charge in [0.05, 0.1) is 12.7 Å². The van der Waals surface area contributed by atoms with E-state index in [1.54, 1.807) is 24.3 Å². The maximum Gasteiger partial charge on any atom is 0.387 e. The molecule has 144 valence electrons. The summed E-state index contributed by atoms with van der Waals surface area (Å²) in [6.07, 6.45) is -1.10. The number of hydrogen-bond acceptors (Lipinski definition) is 5. The molecule has 27 heavy (non-hydrogen) atoms. The Balaban J connectivity index is 2.02. The Morgan fingerprint density at radius 1 is 1.07 bits per heavy atom. The number of benzene rings is 2. The van der Waals surface area contributed by atoms with Gasteiger partial charge in [-0.25, -0.2) is 4.79 Å². The number of methoxy groups -OCH3 is 1. The van der Waals surface area contributed by atoms with E-state index in [-0.39, 0.29) is 17.1 Å². The lowest BCUT2D eigenvalue weighted by Gasteiger charge is -2.15. The normalized spacial score (nSPS) is 11.6. The Labute approximate surface area is 159 Å². The molecule has 6 nitrogen and oxygen atoms in total. The van der Waals surface area contributed by atoms with Crippen molar-refractivity contribution in [3.63, 3.8) is 0 Å². The second kappa shape index (κ2) is 9.18. The molecule has 1 atom stereocenters. The van der Waals surface area contributed by atoms with Gasteiger partial charge in [0.1, 0.15) is 0 Å². The molecule has 2 aromatic rings. The number of amides is 1. The fraction of sp³-hybridized carbons (Fsp3) is 0.222. The van der Waals surface area contributed by atoms with Gasteiger partial charge in [-0.05, 0) is 49.4 Å². The highest BCUT2D eigenvalue weighted by molar-refractivity contribution is 6.30. The lowest BCUT2D eigenvalue weighted by atomic mass is 10.2. The molecule has 0 saturated heterocycles. The van der Waals surface area contributed by atoms with Crippen molar-refractivity contribution in [2.45, 2.75) is 19.6 Å². The molecule has 2 aromatic carbocycles. The van der Waals surface area contributed by atoms with Crippen LogP contribution in [0.25, 0.3) is 0 Å². The Hall–Kier alpha value is -2.87. The van der Waals surface area contributed by atoms with E-state index in [2.05, 4.69) is 10.1 Å². The topological polar surface area (TPSA) is 73.9 Å². The number of anilines is 1. The van der Waals surface area contributed by atoms with Gasteiger partial charge in [0, 0.05) is 10.7 Å². The maximum atomic E-state index is 12.3. The molecular formula is C18H16ClF2NO5. The van der Waals surface area contributed by atoms with Gasteiger partial charge in [-0.1, -0.05) is 11.6 Å². The number of hydrogen-bond donors (Lipinski definition) is 1. The summed E-state index contributed by atoms with van der Waals surface area (Å²) in [7, 11) is 1.24. The van der Waals surface area contributed by atoms with Crippen LogP contribution in [0.5, 0.6) is 11.5 Å². The van der Waals surface area contributed by atoms with Gasteiger partial charge in [-0.2, -0.15) is 8.78 Å². The number of halogens is 3. The highest BCUT2D eigenvalue weighted by Gasteiger charge is 2.21. The van der Waals surface area contributed by atoms with E-state index in [1.165, 1.54) is 26.2 Å². The average molecular weight is 400 g/mol. The maximum absolute atomic E-state index is 12.3. The van der Waals surface area contributed by atoms with Crippen molar-refractivity contribution < 1.29 is 32.6 Å². The van der Waals surface area contributed by atoms with Crippen molar-refractivity contribution in [2.24, 2.45) is 0 Å². The number of ether oxygens (including phenoxy) is 3. The summed E-state index contributed by atoms with van der Waals surface area (Å²) in [5, 5.41) is 3.09. The van der Waals surface area contributed by atoms with Crippen molar-refractivity contribution in [2.75, 3.05) is 12.4 Å². The SMILES string of the molecule is COc1cc(C(=O)OC(C)C(=O)Nc2ccc(Cl)cc2)ccc1OC(F)F. The first-order valence-corrected chi connectivity index (χ1v) is 8.08. The minimum absolute atomic E-state index is 0.0135. The van der Waals surface area contributed by atoms with E-state index in [4.69, 9.17) is 21.1 Å². The molecule has 0 aliphatic rings. The summed E-state index contributed by atoms with van der Waals surface area (Å²) in [6.45, 7) is -1.64. The Morgan fingerprint density at radius 3 is 2.33 bits per heavy atom. The zero-order valence-corrected chi connectivity index (χ0v) is 15.1. The van der Waals surface area contributed by atoms with Crippen molar-refractivity contribution in [1.82, 2.24) is 0 Å². The summed E-state index contributed by atoms with van der Waals surface area (Å²) in [6, 6.07) is 9.96. The fourth-order valence-corrected chi connectivity index (χ4v) is 2.17. The zero-order valence-electron chi connectivity index (χ0n) is 14.4. The molecule has 0 aromatic heterocycles. The molecule has 0 fully saturated rings. The number of rotatable bonds is 7. The molecule has 1 N–H and O–H groups in total. The molecule has 0 radical (unpaired) electrons. The quantitative estimate of drug-likeness (QED) is 0.708. The summed E-state index contributed by atoms with van der Waals surface area (Å²) in [5.74, 6) is -1.66. The van der Waals surface area contributed by atoms with Crippen LogP contribution < -0.4 is 14.8 Å². The molecule has 0 aliphatic carbocycles. The van der Waals surface area contributed by atoms with Gasteiger partial charge in [-0.3, -0.25) is 4.79 Å². The Bertz CT molecular complexity index is 814. The molecule has 0 saturated carbocycles. The van der Waals surface area contributed by atoms with Crippen LogP contribution in [0.1, 0.15) is 17.3 Å². The monoisotopic (exact) mass is 399 g/mol. The number of carbonyl (C=O) groups is 2. The van der Waals surface area contributed by atoms with Crippen LogP contribution >= 0.6 is 11.6 Å². The lowest BCUT2D eigenvalue weighted by Crippen LogP contribution is -2.30. The first-order chi connectivity index (χ1) is 12.8. The molecule has 1 unspecified atom stereocenters. The number of alkyl halides is 2. The number of carbonyl (C=O) groups excluding carboxylic acids is 2. The zero-order chi connectivity index (χ0) is 20.0. The van der Waals surface area contributed by atoms with E-state index in [0.717, 1.165) is 6.07 Å². The van der Waals surface area contributed by atoms with Gasteiger partial charge in [0.25, 0.3) is 5.91 Å². The summed E-state index contributed by atoms with van der Waals surface area (Å²) >= 11 is 5.77. The summed E-state index contributed by atoms with van der Waals surface area (Å²) in [5.41, 5.74) is 0.502. The third kappa shape index (κ3) is 5.82. The fourth-order valence-electron chi connectivity index (χ4n) is 2.05. The van der Waals surface area contributed by atoms with Crippen LogP contribution in [-0.4, -0.2) is 31.7 Å². The van der Waals surface area contributed by atoms with Crippen LogP contribution in [0, 0.1) is 0 Å². The molecule has 2 rings (SSSR count). The standard InChI is InChI=1S/C18H16ClF2NO5/c1-10(16(23)22-13-6-4-12(19)5-7-13)26-17(24)11-3-8-14(27-18(20)21)15(9-11)25-2/h3-10,18H,1-2H3,(H,22,23). The smallest absolute Gasteiger partial charge is 0.387 e. The number of nitrogens with one attached hydrogen (secondary N) is 1. The van der Waals surface area contributed by atoms with Gasteiger partial charge < -0.3 is 19.5 Å².